The minimum atomic E-state index is -3.63. The molecular weight excluding hydrogens is 403 g/mol. The fourth-order valence-corrected chi connectivity index (χ4v) is 4.95. The van der Waals surface area contributed by atoms with Gasteiger partial charge < -0.3 is 4.90 Å². The maximum absolute atomic E-state index is 14.1. The molecule has 0 N–H and O–H groups in total. The summed E-state index contributed by atoms with van der Waals surface area (Å²) in [5.74, 6) is 0.0307. The molecule has 0 aromatic heterocycles. The van der Waals surface area contributed by atoms with E-state index in [1.54, 1.807) is 6.07 Å². The van der Waals surface area contributed by atoms with Gasteiger partial charge in [0.2, 0.25) is 15.9 Å². The van der Waals surface area contributed by atoms with Gasteiger partial charge in [-0.15, -0.1) is 0 Å². The van der Waals surface area contributed by atoms with Gasteiger partial charge in [-0.2, -0.15) is 0 Å². The van der Waals surface area contributed by atoms with E-state index in [-0.39, 0.29) is 24.6 Å². The normalized spacial score (nSPS) is 15.2. The zero-order valence-corrected chi connectivity index (χ0v) is 18.2. The van der Waals surface area contributed by atoms with Crippen LogP contribution in [0.5, 0.6) is 0 Å². The zero-order valence-electron chi connectivity index (χ0n) is 17.3. The molecule has 1 amide bonds. The summed E-state index contributed by atoms with van der Waals surface area (Å²) in [5.41, 5.74) is 1.35. The Bertz CT molecular complexity index is 942. The van der Waals surface area contributed by atoms with E-state index in [1.807, 2.05) is 11.0 Å². The Morgan fingerprint density at radius 3 is 2.33 bits per heavy atom. The Balaban J connectivity index is 1.48. The highest BCUT2D eigenvalue weighted by molar-refractivity contribution is 7.92. The SMILES string of the molecule is CS(=O)(=O)N(CCCC(=O)N1CCC(Cc2ccccc2)CC1)c1ccccc1F. The Kier molecular flexibility index (Phi) is 7.48. The lowest BCUT2D eigenvalue weighted by Gasteiger charge is -2.32. The molecule has 0 radical (unpaired) electrons. The van der Waals surface area contributed by atoms with Crippen LogP contribution in [0.3, 0.4) is 0 Å². The van der Waals surface area contributed by atoms with E-state index in [1.165, 1.54) is 23.8 Å². The smallest absolute Gasteiger partial charge is 0.232 e. The summed E-state index contributed by atoms with van der Waals surface area (Å²) >= 11 is 0. The van der Waals surface area contributed by atoms with Gasteiger partial charge in [0.1, 0.15) is 5.82 Å². The number of hydrogen-bond donors (Lipinski definition) is 0. The van der Waals surface area contributed by atoms with Gasteiger partial charge in [-0.05, 0) is 49.3 Å². The number of amides is 1. The largest absolute Gasteiger partial charge is 0.343 e. The van der Waals surface area contributed by atoms with Crippen molar-refractivity contribution in [2.24, 2.45) is 5.92 Å². The van der Waals surface area contributed by atoms with Gasteiger partial charge in [-0.25, -0.2) is 12.8 Å². The molecule has 1 saturated heterocycles. The summed E-state index contributed by atoms with van der Waals surface area (Å²) in [6.45, 7) is 1.55. The number of halogens is 1. The fraction of sp³-hybridized carbons (Fsp3) is 0.435. The maximum atomic E-state index is 14.1. The molecule has 0 spiro atoms. The van der Waals surface area contributed by atoms with E-state index in [4.69, 9.17) is 0 Å². The van der Waals surface area contributed by atoms with Crippen molar-refractivity contribution >= 4 is 21.6 Å². The maximum Gasteiger partial charge on any atom is 0.232 e. The number of hydrogen-bond acceptors (Lipinski definition) is 3. The highest BCUT2D eigenvalue weighted by Crippen LogP contribution is 2.24. The number of nitrogens with zero attached hydrogens (tertiary/aromatic N) is 2. The first-order chi connectivity index (χ1) is 14.3. The number of para-hydroxylation sites is 1. The third-order valence-corrected chi connectivity index (χ3v) is 6.79. The van der Waals surface area contributed by atoms with Gasteiger partial charge in [-0.1, -0.05) is 42.5 Å². The molecule has 1 aliphatic rings. The van der Waals surface area contributed by atoms with Crippen LogP contribution in [0.2, 0.25) is 0 Å². The van der Waals surface area contributed by atoms with Crippen LogP contribution >= 0.6 is 0 Å². The molecule has 0 saturated carbocycles. The predicted octanol–water partition coefficient (Wildman–Crippen LogP) is 3.85. The quantitative estimate of drug-likeness (QED) is 0.637. The molecule has 2 aromatic carbocycles. The molecule has 30 heavy (non-hydrogen) atoms. The lowest BCUT2D eigenvalue weighted by molar-refractivity contribution is -0.132. The van der Waals surface area contributed by atoms with Crippen LogP contribution in [0.25, 0.3) is 0 Å². The molecule has 0 bridgehead atoms. The number of likely N-dealkylation sites (tertiary alicyclic amines) is 1. The zero-order chi connectivity index (χ0) is 21.6. The van der Waals surface area contributed by atoms with Crippen LogP contribution in [0, 0.1) is 11.7 Å². The van der Waals surface area contributed by atoms with E-state index >= 15 is 0 Å². The second-order valence-electron chi connectivity index (χ2n) is 7.90. The molecule has 1 aliphatic heterocycles. The number of piperidine rings is 1. The second-order valence-corrected chi connectivity index (χ2v) is 9.81. The molecule has 2 aromatic rings. The highest BCUT2D eigenvalue weighted by Gasteiger charge is 2.24. The monoisotopic (exact) mass is 432 g/mol. The molecule has 0 aliphatic carbocycles. The second kappa shape index (κ2) is 10.1. The molecule has 0 unspecified atom stereocenters. The van der Waals surface area contributed by atoms with Crippen molar-refractivity contribution in [2.75, 3.05) is 30.2 Å². The summed E-state index contributed by atoms with van der Waals surface area (Å²) in [6.07, 6.45) is 4.65. The third-order valence-electron chi connectivity index (χ3n) is 5.61. The first-order valence-corrected chi connectivity index (χ1v) is 12.2. The van der Waals surface area contributed by atoms with Gasteiger partial charge in [0.15, 0.2) is 0 Å². The van der Waals surface area contributed by atoms with Crippen molar-refractivity contribution in [3.05, 3.63) is 66.0 Å². The van der Waals surface area contributed by atoms with Gasteiger partial charge in [0.25, 0.3) is 0 Å². The van der Waals surface area contributed by atoms with Crippen molar-refractivity contribution < 1.29 is 17.6 Å². The van der Waals surface area contributed by atoms with E-state index in [2.05, 4.69) is 24.3 Å². The molecule has 1 fully saturated rings. The summed E-state index contributed by atoms with van der Waals surface area (Å²) in [7, 11) is -3.63. The van der Waals surface area contributed by atoms with Crippen molar-refractivity contribution in [3.63, 3.8) is 0 Å². The minimum absolute atomic E-state index is 0.0224. The lowest BCUT2D eigenvalue weighted by atomic mass is 9.90. The molecule has 1 heterocycles. The first-order valence-electron chi connectivity index (χ1n) is 10.4. The Labute approximate surface area is 178 Å². The standard InChI is InChI=1S/C23H29FN2O3S/c1-30(28,29)26(22-11-6-5-10-21(22)24)15-7-12-23(27)25-16-13-20(14-17-25)18-19-8-3-2-4-9-19/h2-6,8-11,20H,7,12-18H2,1H3. The third kappa shape index (κ3) is 6.05. The molecule has 162 valence electrons. The van der Waals surface area contributed by atoms with Crippen LogP contribution in [-0.4, -0.2) is 45.1 Å². The number of benzene rings is 2. The molecule has 5 nitrogen and oxygen atoms in total. The molecule has 7 heteroatoms. The van der Waals surface area contributed by atoms with Gasteiger partial charge in [0.05, 0.1) is 11.9 Å². The molecule has 0 atom stereocenters. The van der Waals surface area contributed by atoms with Crippen LogP contribution in [0.4, 0.5) is 10.1 Å². The number of carbonyl (C=O) groups excluding carboxylic acids is 1. The molecule has 3 rings (SSSR count). The average molecular weight is 433 g/mol. The summed E-state index contributed by atoms with van der Waals surface area (Å²) in [5, 5.41) is 0. The summed E-state index contributed by atoms with van der Waals surface area (Å²) < 4.78 is 39.3. The van der Waals surface area contributed by atoms with Gasteiger partial charge in [0, 0.05) is 26.1 Å². The van der Waals surface area contributed by atoms with Crippen LogP contribution < -0.4 is 4.31 Å². The van der Waals surface area contributed by atoms with Crippen molar-refractivity contribution in [1.82, 2.24) is 4.90 Å². The van der Waals surface area contributed by atoms with Crippen molar-refractivity contribution in [1.29, 1.82) is 0 Å². The number of anilines is 1. The summed E-state index contributed by atoms with van der Waals surface area (Å²) in [6, 6.07) is 16.2. The first kappa shape index (κ1) is 22.3. The Hall–Kier alpha value is -2.41. The number of rotatable bonds is 8. The minimum Gasteiger partial charge on any atom is -0.343 e. The highest BCUT2D eigenvalue weighted by atomic mass is 32.2. The van der Waals surface area contributed by atoms with Gasteiger partial charge >= 0.3 is 0 Å². The summed E-state index contributed by atoms with van der Waals surface area (Å²) in [4.78, 5) is 14.5. The fourth-order valence-electron chi connectivity index (χ4n) is 3.98. The Morgan fingerprint density at radius 2 is 1.70 bits per heavy atom. The van der Waals surface area contributed by atoms with Crippen molar-refractivity contribution in [2.45, 2.75) is 32.1 Å². The van der Waals surface area contributed by atoms with Gasteiger partial charge in [-0.3, -0.25) is 9.10 Å². The average Bonchev–Trinajstić information content (AvgIpc) is 2.72. The van der Waals surface area contributed by atoms with Crippen LogP contribution in [0.1, 0.15) is 31.2 Å². The van der Waals surface area contributed by atoms with E-state index in [9.17, 15) is 17.6 Å². The van der Waals surface area contributed by atoms with Crippen LogP contribution in [-0.2, 0) is 21.2 Å². The lowest BCUT2D eigenvalue weighted by Crippen LogP contribution is -2.39. The number of carbonyl (C=O) groups is 1. The number of sulfonamides is 1. The molecular formula is C23H29FN2O3S. The predicted molar refractivity (Wildman–Crippen MR) is 117 cm³/mol. The van der Waals surface area contributed by atoms with E-state index < -0.39 is 15.8 Å². The van der Waals surface area contributed by atoms with E-state index in [0.717, 1.165) is 42.9 Å². The Morgan fingerprint density at radius 1 is 1.07 bits per heavy atom. The topological polar surface area (TPSA) is 57.7 Å². The van der Waals surface area contributed by atoms with E-state index in [0.29, 0.717) is 12.3 Å². The van der Waals surface area contributed by atoms with Crippen molar-refractivity contribution in [3.8, 4) is 0 Å². The van der Waals surface area contributed by atoms with Crippen LogP contribution in [0.15, 0.2) is 54.6 Å².